The molecule has 0 saturated heterocycles. The van der Waals surface area contributed by atoms with E-state index in [0.29, 0.717) is 5.56 Å². The number of hydrogen-bond donors (Lipinski definition) is 0. The molecule has 0 bridgehead atoms. The first-order chi connectivity index (χ1) is 11.8. The lowest BCUT2D eigenvalue weighted by atomic mass is 9.59. The van der Waals surface area contributed by atoms with Crippen molar-refractivity contribution in [3.63, 3.8) is 0 Å². The minimum absolute atomic E-state index is 0.0565. The third-order valence-electron chi connectivity index (χ3n) is 4.79. The average molecular weight is 354 g/mol. The summed E-state index contributed by atoms with van der Waals surface area (Å²) in [6.07, 6.45) is -2.96. The van der Waals surface area contributed by atoms with E-state index in [1.165, 1.54) is 0 Å². The van der Waals surface area contributed by atoms with Crippen LogP contribution in [-0.2, 0) is 30.9 Å². The van der Waals surface area contributed by atoms with Gasteiger partial charge in [-0.1, -0.05) is 31.2 Å². The lowest BCUT2D eigenvalue weighted by Gasteiger charge is -2.44. The maximum absolute atomic E-state index is 13.3. The molecule has 0 saturated carbocycles. The van der Waals surface area contributed by atoms with E-state index >= 15 is 0 Å². The minimum atomic E-state index is -2.56. The highest BCUT2D eigenvalue weighted by atomic mass is 19.3. The van der Waals surface area contributed by atoms with E-state index < -0.39 is 35.6 Å². The second kappa shape index (κ2) is 7.50. The van der Waals surface area contributed by atoms with Gasteiger partial charge in [0.1, 0.15) is 0 Å². The third-order valence-corrected chi connectivity index (χ3v) is 4.79. The molecule has 0 amide bonds. The molecule has 1 aliphatic carbocycles. The fraction of sp³-hybridized carbons (Fsp3) is 0.579. The molecule has 2 rings (SSSR count). The molecule has 0 spiro atoms. The quantitative estimate of drug-likeness (QED) is 0.578. The van der Waals surface area contributed by atoms with Gasteiger partial charge in [-0.05, 0) is 43.2 Å². The summed E-state index contributed by atoms with van der Waals surface area (Å²) in [6, 6.07) is 7.11. The van der Waals surface area contributed by atoms with Gasteiger partial charge in [0, 0.05) is 6.42 Å². The van der Waals surface area contributed by atoms with Gasteiger partial charge in [0.25, 0.3) is 0 Å². The molecule has 0 heterocycles. The predicted molar refractivity (Wildman–Crippen MR) is 88.4 cm³/mol. The van der Waals surface area contributed by atoms with Gasteiger partial charge in [-0.2, -0.15) is 0 Å². The SMILES string of the molecule is CCOC(=O)C1(C(=O)OCC)Cc2ccccc2C(C)(CC(F)F)C1. The lowest BCUT2D eigenvalue weighted by Crippen LogP contribution is -2.51. The largest absolute Gasteiger partial charge is 0.465 e. The van der Waals surface area contributed by atoms with Crippen molar-refractivity contribution in [3.8, 4) is 0 Å². The van der Waals surface area contributed by atoms with Crippen LogP contribution in [0.5, 0.6) is 0 Å². The van der Waals surface area contributed by atoms with Gasteiger partial charge in [-0.3, -0.25) is 9.59 Å². The van der Waals surface area contributed by atoms with E-state index in [0.717, 1.165) is 5.56 Å². The Balaban J connectivity index is 2.58. The fourth-order valence-electron chi connectivity index (χ4n) is 3.85. The first kappa shape index (κ1) is 19.3. The van der Waals surface area contributed by atoms with Crippen LogP contribution < -0.4 is 0 Å². The number of fused-ring (bicyclic) bond motifs is 1. The molecule has 0 aromatic heterocycles. The number of carbonyl (C=O) groups is 2. The Morgan fingerprint density at radius 2 is 1.68 bits per heavy atom. The molecule has 1 aromatic rings. The summed E-state index contributed by atoms with van der Waals surface area (Å²) in [4.78, 5) is 25.4. The van der Waals surface area contributed by atoms with E-state index in [1.807, 2.05) is 0 Å². The molecule has 1 atom stereocenters. The molecule has 0 aliphatic heterocycles. The zero-order valence-electron chi connectivity index (χ0n) is 14.8. The zero-order valence-corrected chi connectivity index (χ0v) is 14.8. The summed E-state index contributed by atoms with van der Waals surface area (Å²) in [6.45, 7) is 5.17. The van der Waals surface area contributed by atoms with E-state index in [-0.39, 0.29) is 26.1 Å². The molecule has 0 fully saturated rings. The topological polar surface area (TPSA) is 52.6 Å². The van der Waals surface area contributed by atoms with Gasteiger partial charge in [-0.25, -0.2) is 8.78 Å². The van der Waals surface area contributed by atoms with Crippen molar-refractivity contribution in [2.75, 3.05) is 13.2 Å². The van der Waals surface area contributed by atoms with Crippen LogP contribution in [-0.4, -0.2) is 31.6 Å². The summed E-state index contributed by atoms with van der Waals surface area (Å²) in [5, 5.41) is 0. The summed E-state index contributed by atoms with van der Waals surface area (Å²) < 4.78 is 36.8. The number of ether oxygens (including phenoxy) is 2. The Labute approximate surface area is 146 Å². The normalized spacial score (nSPS) is 21.5. The van der Waals surface area contributed by atoms with E-state index in [2.05, 4.69) is 0 Å². The molecule has 138 valence electrons. The van der Waals surface area contributed by atoms with Gasteiger partial charge in [0.05, 0.1) is 13.2 Å². The van der Waals surface area contributed by atoms with Crippen LogP contribution in [0.3, 0.4) is 0 Å². The number of alkyl halides is 2. The van der Waals surface area contributed by atoms with Crippen molar-refractivity contribution < 1.29 is 27.8 Å². The van der Waals surface area contributed by atoms with Gasteiger partial charge in [0.15, 0.2) is 5.41 Å². The highest BCUT2D eigenvalue weighted by Crippen LogP contribution is 2.50. The Kier molecular flexibility index (Phi) is 5.80. The Bertz CT molecular complexity index is 626. The van der Waals surface area contributed by atoms with Crippen molar-refractivity contribution in [1.29, 1.82) is 0 Å². The number of carbonyl (C=O) groups excluding carboxylic acids is 2. The van der Waals surface area contributed by atoms with Crippen LogP contribution in [0.15, 0.2) is 24.3 Å². The first-order valence-corrected chi connectivity index (χ1v) is 8.50. The summed E-state index contributed by atoms with van der Waals surface area (Å²) >= 11 is 0. The Morgan fingerprint density at radius 3 is 2.20 bits per heavy atom. The van der Waals surface area contributed by atoms with Crippen molar-refractivity contribution in [3.05, 3.63) is 35.4 Å². The molecular formula is C19H24F2O4. The zero-order chi connectivity index (χ0) is 18.7. The summed E-state index contributed by atoms with van der Waals surface area (Å²) in [5.74, 6) is -1.41. The van der Waals surface area contributed by atoms with Crippen LogP contribution in [0.1, 0.15) is 44.7 Å². The van der Waals surface area contributed by atoms with Crippen LogP contribution in [0, 0.1) is 5.41 Å². The van der Waals surface area contributed by atoms with Gasteiger partial charge >= 0.3 is 11.9 Å². The van der Waals surface area contributed by atoms with E-state index in [4.69, 9.17) is 9.47 Å². The summed E-state index contributed by atoms with van der Waals surface area (Å²) in [5.41, 5.74) is -1.16. The molecule has 1 aromatic carbocycles. The minimum Gasteiger partial charge on any atom is -0.465 e. The maximum Gasteiger partial charge on any atom is 0.323 e. The van der Waals surface area contributed by atoms with Crippen LogP contribution in [0.25, 0.3) is 0 Å². The lowest BCUT2D eigenvalue weighted by molar-refractivity contribution is -0.175. The molecule has 0 N–H and O–H groups in total. The molecule has 0 radical (unpaired) electrons. The highest BCUT2D eigenvalue weighted by Gasteiger charge is 2.57. The second-order valence-electron chi connectivity index (χ2n) is 6.69. The number of halogens is 2. The van der Waals surface area contributed by atoms with Crippen molar-refractivity contribution >= 4 is 11.9 Å². The van der Waals surface area contributed by atoms with Gasteiger partial charge < -0.3 is 9.47 Å². The first-order valence-electron chi connectivity index (χ1n) is 8.50. The molecule has 1 unspecified atom stereocenters. The van der Waals surface area contributed by atoms with Crippen LogP contribution >= 0.6 is 0 Å². The maximum atomic E-state index is 13.3. The number of esters is 2. The molecule has 4 nitrogen and oxygen atoms in total. The fourth-order valence-corrected chi connectivity index (χ4v) is 3.85. The molecule has 6 heteroatoms. The number of rotatable bonds is 6. The standard InChI is InChI=1S/C19H24F2O4/c1-4-24-16(22)19(17(23)25-5-2)10-13-8-6-7-9-14(13)18(3,12-19)11-15(20)21/h6-9,15H,4-5,10-12H2,1-3H3. The molecule has 25 heavy (non-hydrogen) atoms. The number of hydrogen-bond acceptors (Lipinski definition) is 4. The van der Waals surface area contributed by atoms with Crippen molar-refractivity contribution in [1.82, 2.24) is 0 Å². The predicted octanol–water partition coefficient (Wildman–Crippen LogP) is 3.66. The van der Waals surface area contributed by atoms with Crippen LogP contribution in [0.2, 0.25) is 0 Å². The van der Waals surface area contributed by atoms with Crippen LogP contribution in [0.4, 0.5) is 8.78 Å². The highest BCUT2D eigenvalue weighted by molar-refractivity contribution is 6.01. The summed E-state index contributed by atoms with van der Waals surface area (Å²) in [7, 11) is 0. The van der Waals surface area contributed by atoms with Gasteiger partial charge in [0.2, 0.25) is 6.43 Å². The van der Waals surface area contributed by atoms with E-state index in [1.54, 1.807) is 45.0 Å². The number of benzene rings is 1. The van der Waals surface area contributed by atoms with E-state index in [9.17, 15) is 18.4 Å². The average Bonchev–Trinajstić information content (AvgIpc) is 2.54. The van der Waals surface area contributed by atoms with Crippen molar-refractivity contribution in [2.45, 2.75) is 51.9 Å². The van der Waals surface area contributed by atoms with Gasteiger partial charge in [-0.15, -0.1) is 0 Å². The molecular weight excluding hydrogens is 330 g/mol. The Morgan fingerprint density at radius 1 is 1.12 bits per heavy atom. The smallest absolute Gasteiger partial charge is 0.323 e. The molecule has 1 aliphatic rings. The Hall–Kier alpha value is -1.98. The third kappa shape index (κ3) is 3.67. The monoisotopic (exact) mass is 354 g/mol. The second-order valence-corrected chi connectivity index (χ2v) is 6.69. The van der Waals surface area contributed by atoms with Crippen molar-refractivity contribution in [2.24, 2.45) is 5.41 Å².